The lowest BCUT2D eigenvalue weighted by molar-refractivity contribution is -0.142. The van der Waals surface area contributed by atoms with Gasteiger partial charge in [-0.25, -0.2) is 0 Å². The van der Waals surface area contributed by atoms with Gasteiger partial charge in [-0.2, -0.15) is 0 Å². The number of hydrogen-bond acceptors (Lipinski definition) is 2. The van der Waals surface area contributed by atoms with E-state index in [4.69, 9.17) is 5.11 Å². The minimum absolute atomic E-state index is 0.130. The zero-order valence-corrected chi connectivity index (χ0v) is 9.52. The number of aliphatic carboxylic acids is 1. The van der Waals surface area contributed by atoms with Crippen LogP contribution in [-0.2, 0) is 4.79 Å². The van der Waals surface area contributed by atoms with Gasteiger partial charge in [0.2, 0.25) is 0 Å². The quantitative estimate of drug-likeness (QED) is 0.715. The van der Waals surface area contributed by atoms with Crippen LogP contribution in [-0.4, -0.2) is 24.2 Å². The van der Waals surface area contributed by atoms with Crippen LogP contribution in [0.25, 0.3) is 0 Å². The Kier molecular flexibility index (Phi) is 3.79. The molecule has 0 bridgehead atoms. The smallest absolute Gasteiger partial charge is 0.307 e. The summed E-state index contributed by atoms with van der Waals surface area (Å²) in [4.78, 5) is 10.9. The first kappa shape index (κ1) is 11.7. The van der Waals surface area contributed by atoms with Gasteiger partial charge in [-0.1, -0.05) is 30.0 Å². The van der Waals surface area contributed by atoms with Crippen molar-refractivity contribution in [1.29, 1.82) is 0 Å². The fraction of sp³-hybridized carbons (Fsp3) is 0.357. The Morgan fingerprint density at radius 3 is 2.76 bits per heavy atom. The lowest BCUT2D eigenvalue weighted by Crippen LogP contribution is -2.39. The molecule has 0 spiro atoms. The third kappa shape index (κ3) is 3.33. The molecule has 0 amide bonds. The highest BCUT2D eigenvalue weighted by Crippen LogP contribution is 2.16. The summed E-state index contributed by atoms with van der Waals surface area (Å²) in [7, 11) is 0. The van der Waals surface area contributed by atoms with E-state index < -0.39 is 5.97 Å². The van der Waals surface area contributed by atoms with E-state index in [-0.39, 0.29) is 11.8 Å². The summed E-state index contributed by atoms with van der Waals surface area (Å²) in [6, 6.07) is 9.76. The highest BCUT2D eigenvalue weighted by atomic mass is 16.4. The summed E-state index contributed by atoms with van der Waals surface area (Å²) in [6.45, 7) is 1.34. The van der Waals surface area contributed by atoms with Crippen molar-refractivity contribution in [2.24, 2.45) is 11.8 Å². The SMILES string of the molecule is O=C(O)C1CNCC(C#Cc2ccccc2)C1. The predicted octanol–water partition coefficient (Wildman–Crippen LogP) is 1.35. The predicted molar refractivity (Wildman–Crippen MR) is 65.4 cm³/mol. The standard InChI is InChI=1S/C14H15NO2/c16-14(17)13-8-12(9-15-10-13)7-6-11-4-2-1-3-5-11/h1-5,12-13,15H,8-10H2,(H,16,17). The summed E-state index contributed by atoms with van der Waals surface area (Å²) >= 11 is 0. The van der Waals surface area contributed by atoms with Crippen LogP contribution in [0, 0.1) is 23.7 Å². The summed E-state index contributed by atoms with van der Waals surface area (Å²) in [6.07, 6.45) is 0.641. The number of carboxylic acid groups (broad SMARTS) is 1. The van der Waals surface area contributed by atoms with Crippen LogP contribution in [0.3, 0.4) is 0 Å². The van der Waals surface area contributed by atoms with E-state index in [2.05, 4.69) is 17.2 Å². The van der Waals surface area contributed by atoms with Crippen LogP contribution in [0.4, 0.5) is 0 Å². The largest absolute Gasteiger partial charge is 0.481 e. The van der Waals surface area contributed by atoms with Crippen molar-refractivity contribution in [3.63, 3.8) is 0 Å². The molecule has 1 aliphatic rings. The topological polar surface area (TPSA) is 49.3 Å². The zero-order valence-electron chi connectivity index (χ0n) is 9.52. The molecule has 1 fully saturated rings. The van der Waals surface area contributed by atoms with Crippen LogP contribution in [0.5, 0.6) is 0 Å². The molecule has 1 saturated heterocycles. The second-order valence-corrected chi connectivity index (χ2v) is 4.26. The van der Waals surface area contributed by atoms with Crippen LogP contribution in [0.1, 0.15) is 12.0 Å². The molecule has 0 aliphatic carbocycles. The van der Waals surface area contributed by atoms with Gasteiger partial charge in [0.25, 0.3) is 0 Å². The molecule has 1 aromatic rings. The molecule has 1 aliphatic heterocycles. The van der Waals surface area contributed by atoms with Crippen LogP contribution in [0.2, 0.25) is 0 Å². The molecule has 17 heavy (non-hydrogen) atoms. The molecule has 0 radical (unpaired) electrons. The number of piperidine rings is 1. The molecule has 1 aromatic carbocycles. The van der Waals surface area contributed by atoms with E-state index in [1.165, 1.54) is 0 Å². The second-order valence-electron chi connectivity index (χ2n) is 4.26. The Hall–Kier alpha value is -1.79. The zero-order chi connectivity index (χ0) is 12.1. The van der Waals surface area contributed by atoms with Gasteiger partial charge < -0.3 is 10.4 Å². The number of nitrogens with one attached hydrogen (secondary N) is 1. The average Bonchev–Trinajstić information content (AvgIpc) is 2.38. The monoisotopic (exact) mass is 229 g/mol. The van der Waals surface area contributed by atoms with E-state index in [0.29, 0.717) is 13.0 Å². The van der Waals surface area contributed by atoms with E-state index >= 15 is 0 Å². The summed E-state index contributed by atoms with van der Waals surface area (Å²) < 4.78 is 0. The first-order valence-corrected chi connectivity index (χ1v) is 5.76. The summed E-state index contributed by atoms with van der Waals surface area (Å²) in [5.41, 5.74) is 0.977. The molecule has 88 valence electrons. The second kappa shape index (κ2) is 5.51. The number of rotatable bonds is 1. The Morgan fingerprint density at radius 2 is 2.06 bits per heavy atom. The maximum atomic E-state index is 10.9. The van der Waals surface area contributed by atoms with Gasteiger partial charge in [-0.3, -0.25) is 4.79 Å². The van der Waals surface area contributed by atoms with E-state index in [0.717, 1.165) is 12.1 Å². The maximum absolute atomic E-state index is 10.9. The fourth-order valence-corrected chi connectivity index (χ4v) is 1.95. The highest BCUT2D eigenvalue weighted by molar-refractivity contribution is 5.70. The first-order valence-electron chi connectivity index (χ1n) is 5.76. The summed E-state index contributed by atoms with van der Waals surface area (Å²) in [5, 5.41) is 12.1. The molecule has 0 saturated carbocycles. The van der Waals surface area contributed by atoms with Gasteiger partial charge in [0.15, 0.2) is 0 Å². The molecular formula is C14H15NO2. The molecular weight excluding hydrogens is 214 g/mol. The van der Waals surface area contributed by atoms with E-state index in [1.807, 2.05) is 30.3 Å². The lowest BCUT2D eigenvalue weighted by atomic mass is 9.91. The third-order valence-corrected chi connectivity index (χ3v) is 2.89. The molecule has 3 nitrogen and oxygen atoms in total. The minimum atomic E-state index is -0.733. The van der Waals surface area contributed by atoms with Crippen molar-refractivity contribution in [1.82, 2.24) is 5.32 Å². The number of hydrogen-bond donors (Lipinski definition) is 2. The van der Waals surface area contributed by atoms with Gasteiger partial charge >= 0.3 is 5.97 Å². The lowest BCUT2D eigenvalue weighted by Gasteiger charge is -2.23. The minimum Gasteiger partial charge on any atom is -0.481 e. The fourth-order valence-electron chi connectivity index (χ4n) is 1.95. The Balaban J connectivity index is 2.00. The number of benzene rings is 1. The first-order chi connectivity index (χ1) is 8.25. The molecule has 1 heterocycles. The Bertz CT molecular complexity index is 444. The van der Waals surface area contributed by atoms with E-state index in [9.17, 15) is 4.79 Å². The van der Waals surface area contributed by atoms with Gasteiger partial charge in [0.1, 0.15) is 0 Å². The maximum Gasteiger partial charge on any atom is 0.307 e. The molecule has 2 atom stereocenters. The molecule has 2 N–H and O–H groups in total. The molecule has 3 heteroatoms. The number of carbonyl (C=O) groups is 1. The number of carboxylic acids is 1. The van der Waals surface area contributed by atoms with Gasteiger partial charge in [-0.15, -0.1) is 0 Å². The van der Waals surface area contributed by atoms with Crippen LogP contribution < -0.4 is 5.32 Å². The normalized spacial score (nSPS) is 23.5. The van der Waals surface area contributed by atoms with Gasteiger partial charge in [0.05, 0.1) is 5.92 Å². The third-order valence-electron chi connectivity index (χ3n) is 2.89. The van der Waals surface area contributed by atoms with Crippen molar-refractivity contribution in [2.75, 3.05) is 13.1 Å². The van der Waals surface area contributed by atoms with Crippen molar-refractivity contribution in [2.45, 2.75) is 6.42 Å². The van der Waals surface area contributed by atoms with Crippen LogP contribution >= 0.6 is 0 Å². The van der Waals surface area contributed by atoms with Crippen molar-refractivity contribution < 1.29 is 9.90 Å². The Morgan fingerprint density at radius 1 is 1.29 bits per heavy atom. The van der Waals surface area contributed by atoms with Crippen LogP contribution in [0.15, 0.2) is 30.3 Å². The van der Waals surface area contributed by atoms with E-state index in [1.54, 1.807) is 0 Å². The highest BCUT2D eigenvalue weighted by Gasteiger charge is 2.25. The Labute approximate surface area is 101 Å². The average molecular weight is 229 g/mol. The van der Waals surface area contributed by atoms with Crippen molar-refractivity contribution >= 4 is 5.97 Å². The van der Waals surface area contributed by atoms with Crippen molar-refractivity contribution in [3.05, 3.63) is 35.9 Å². The summed E-state index contributed by atoms with van der Waals surface area (Å²) in [5.74, 6) is 5.33. The van der Waals surface area contributed by atoms with Gasteiger partial charge in [0, 0.05) is 24.6 Å². The van der Waals surface area contributed by atoms with Crippen molar-refractivity contribution in [3.8, 4) is 11.8 Å². The molecule has 0 aromatic heterocycles. The van der Waals surface area contributed by atoms with Gasteiger partial charge in [-0.05, 0) is 18.6 Å². The molecule has 2 unspecified atom stereocenters. The molecule has 2 rings (SSSR count).